The van der Waals surface area contributed by atoms with E-state index in [9.17, 15) is 0 Å². The minimum absolute atomic E-state index is 0.641. The molecular formula is C6H9N2P. The van der Waals surface area contributed by atoms with Crippen LogP contribution in [0.2, 0.25) is 0 Å². The third-order valence-corrected chi connectivity index (χ3v) is 1.68. The van der Waals surface area contributed by atoms with Crippen LogP contribution in [0.5, 0.6) is 0 Å². The highest BCUT2D eigenvalue weighted by Gasteiger charge is 1.93. The van der Waals surface area contributed by atoms with E-state index in [1.165, 1.54) is 0 Å². The molecule has 3 heteroatoms. The van der Waals surface area contributed by atoms with E-state index in [-0.39, 0.29) is 0 Å². The Bertz CT molecular complexity index is 202. The maximum atomic E-state index is 5.54. The summed E-state index contributed by atoms with van der Waals surface area (Å²) in [6, 6.07) is 5.55. The van der Waals surface area contributed by atoms with Crippen LogP contribution < -0.4 is 16.8 Å². The van der Waals surface area contributed by atoms with Crippen LogP contribution in [0.25, 0.3) is 0 Å². The fraction of sp³-hybridized carbons (Fsp3) is 0. The van der Waals surface area contributed by atoms with Crippen molar-refractivity contribution in [1.29, 1.82) is 0 Å². The smallest absolute Gasteiger partial charge is 0.0620 e. The molecule has 1 aromatic carbocycles. The van der Waals surface area contributed by atoms with Crippen LogP contribution in [-0.2, 0) is 0 Å². The van der Waals surface area contributed by atoms with Gasteiger partial charge in [0.05, 0.1) is 11.4 Å². The van der Waals surface area contributed by atoms with Crippen molar-refractivity contribution >= 4 is 25.9 Å². The summed E-state index contributed by atoms with van der Waals surface area (Å²) in [4.78, 5) is 0. The number of nitrogens with two attached hydrogens (primary N) is 2. The molecule has 0 bridgehead atoms. The van der Waals surface area contributed by atoms with Crippen molar-refractivity contribution in [3.8, 4) is 0 Å². The van der Waals surface area contributed by atoms with E-state index in [4.69, 9.17) is 11.5 Å². The first-order chi connectivity index (χ1) is 4.22. The van der Waals surface area contributed by atoms with Crippen LogP contribution >= 0.6 is 9.24 Å². The topological polar surface area (TPSA) is 52.0 Å². The van der Waals surface area contributed by atoms with Crippen molar-refractivity contribution in [3.05, 3.63) is 18.2 Å². The van der Waals surface area contributed by atoms with Crippen LogP contribution in [0, 0.1) is 0 Å². The predicted octanol–water partition coefficient (Wildman–Crippen LogP) is 0.351. The van der Waals surface area contributed by atoms with Gasteiger partial charge in [-0.05, 0) is 11.4 Å². The molecular weight excluding hydrogens is 131 g/mol. The largest absolute Gasteiger partial charge is 0.397 e. The molecule has 0 aliphatic heterocycles. The van der Waals surface area contributed by atoms with Gasteiger partial charge in [-0.15, -0.1) is 9.24 Å². The van der Waals surface area contributed by atoms with Gasteiger partial charge < -0.3 is 11.5 Å². The summed E-state index contributed by atoms with van der Waals surface area (Å²) in [7, 11) is 2.52. The van der Waals surface area contributed by atoms with Crippen LogP contribution in [0.1, 0.15) is 0 Å². The lowest BCUT2D eigenvalue weighted by molar-refractivity contribution is 1.71. The maximum absolute atomic E-state index is 5.54. The van der Waals surface area contributed by atoms with Gasteiger partial charge in [-0.3, -0.25) is 0 Å². The number of rotatable bonds is 0. The van der Waals surface area contributed by atoms with Gasteiger partial charge >= 0.3 is 0 Å². The number of hydrogen-bond donors (Lipinski definition) is 2. The Kier molecular flexibility index (Phi) is 1.58. The molecule has 0 spiro atoms. The van der Waals surface area contributed by atoms with Crippen molar-refractivity contribution < 1.29 is 0 Å². The molecule has 0 aromatic heterocycles. The second-order valence-corrected chi connectivity index (χ2v) is 2.47. The fourth-order valence-electron chi connectivity index (χ4n) is 0.602. The quantitative estimate of drug-likeness (QED) is 0.403. The molecule has 0 aliphatic carbocycles. The molecule has 1 rings (SSSR count). The van der Waals surface area contributed by atoms with E-state index >= 15 is 0 Å². The highest BCUT2D eigenvalue weighted by molar-refractivity contribution is 7.28. The van der Waals surface area contributed by atoms with Gasteiger partial charge in [0.25, 0.3) is 0 Å². The molecule has 0 saturated carbocycles. The minimum atomic E-state index is 0.641. The molecule has 4 N–H and O–H groups in total. The second kappa shape index (κ2) is 2.24. The van der Waals surface area contributed by atoms with Crippen LogP contribution in [0.3, 0.4) is 0 Å². The van der Waals surface area contributed by atoms with E-state index < -0.39 is 0 Å². The molecule has 1 atom stereocenters. The van der Waals surface area contributed by atoms with Crippen molar-refractivity contribution in [2.75, 3.05) is 11.5 Å². The third-order valence-electron chi connectivity index (χ3n) is 1.17. The molecule has 0 radical (unpaired) electrons. The van der Waals surface area contributed by atoms with E-state index in [1.54, 1.807) is 6.07 Å². The van der Waals surface area contributed by atoms with Crippen molar-refractivity contribution in [2.24, 2.45) is 0 Å². The third kappa shape index (κ3) is 1.14. The lowest BCUT2D eigenvalue weighted by atomic mass is 10.3. The van der Waals surface area contributed by atoms with E-state index in [0.717, 1.165) is 5.30 Å². The van der Waals surface area contributed by atoms with Gasteiger partial charge in [-0.1, -0.05) is 12.1 Å². The Morgan fingerprint density at radius 1 is 1.22 bits per heavy atom. The zero-order chi connectivity index (χ0) is 6.85. The Labute approximate surface area is 56.4 Å². The summed E-state index contributed by atoms with van der Waals surface area (Å²) in [5.74, 6) is 0. The number of hydrogen-bond acceptors (Lipinski definition) is 2. The van der Waals surface area contributed by atoms with Gasteiger partial charge in [0.15, 0.2) is 0 Å². The highest BCUT2D eigenvalue weighted by Crippen LogP contribution is 2.11. The summed E-state index contributed by atoms with van der Waals surface area (Å²) in [6.07, 6.45) is 0. The molecule has 2 nitrogen and oxygen atoms in total. The van der Waals surface area contributed by atoms with E-state index in [0.29, 0.717) is 11.4 Å². The molecule has 0 fully saturated rings. The van der Waals surface area contributed by atoms with Gasteiger partial charge in [0.2, 0.25) is 0 Å². The van der Waals surface area contributed by atoms with Gasteiger partial charge in [0.1, 0.15) is 0 Å². The van der Waals surface area contributed by atoms with Gasteiger partial charge in [0, 0.05) is 0 Å². The Hall–Kier alpha value is -0.750. The van der Waals surface area contributed by atoms with Crippen LogP contribution in [0.4, 0.5) is 11.4 Å². The summed E-state index contributed by atoms with van der Waals surface area (Å²) in [5, 5.41) is 0.954. The number of para-hydroxylation sites is 1. The number of benzene rings is 1. The first-order valence-corrected chi connectivity index (χ1v) is 3.19. The van der Waals surface area contributed by atoms with Crippen LogP contribution in [-0.4, -0.2) is 0 Å². The average molecular weight is 140 g/mol. The number of nitrogen functional groups attached to an aromatic ring is 2. The summed E-state index contributed by atoms with van der Waals surface area (Å²) in [6.45, 7) is 0. The second-order valence-electron chi connectivity index (χ2n) is 1.85. The van der Waals surface area contributed by atoms with E-state index in [2.05, 4.69) is 9.24 Å². The lowest BCUT2D eigenvalue weighted by Gasteiger charge is -2.00. The molecule has 1 unspecified atom stereocenters. The molecule has 0 heterocycles. The van der Waals surface area contributed by atoms with Gasteiger partial charge in [-0.25, -0.2) is 0 Å². The standard InChI is InChI=1S/C6H9N2P/c7-4-2-1-3-5(9)6(4)8/h1-3H,7-9H2. The monoisotopic (exact) mass is 140 g/mol. The average Bonchev–Trinajstić information content (AvgIpc) is 1.83. The zero-order valence-electron chi connectivity index (χ0n) is 4.96. The maximum Gasteiger partial charge on any atom is 0.0620 e. The molecule has 48 valence electrons. The lowest BCUT2D eigenvalue weighted by Crippen LogP contribution is -2.04. The molecule has 0 aliphatic rings. The SMILES string of the molecule is Nc1cccc(P)c1N. The van der Waals surface area contributed by atoms with Crippen molar-refractivity contribution in [3.63, 3.8) is 0 Å². The minimum Gasteiger partial charge on any atom is -0.397 e. The molecule has 0 saturated heterocycles. The zero-order valence-corrected chi connectivity index (χ0v) is 6.12. The Morgan fingerprint density at radius 3 is 2.33 bits per heavy atom. The molecule has 1 aromatic rings. The summed E-state index contributed by atoms with van der Waals surface area (Å²) < 4.78 is 0. The summed E-state index contributed by atoms with van der Waals surface area (Å²) >= 11 is 0. The highest BCUT2D eigenvalue weighted by atomic mass is 31.0. The molecule has 0 amide bonds. The van der Waals surface area contributed by atoms with E-state index in [1.807, 2.05) is 12.1 Å². The molecule has 9 heavy (non-hydrogen) atoms. The fourth-order valence-corrected chi connectivity index (χ4v) is 0.879. The first-order valence-electron chi connectivity index (χ1n) is 2.61. The van der Waals surface area contributed by atoms with Gasteiger partial charge in [-0.2, -0.15) is 0 Å². The predicted molar refractivity (Wildman–Crippen MR) is 44.6 cm³/mol. The van der Waals surface area contributed by atoms with Crippen molar-refractivity contribution in [1.82, 2.24) is 0 Å². The van der Waals surface area contributed by atoms with Crippen molar-refractivity contribution in [2.45, 2.75) is 0 Å². The Balaban J connectivity index is 3.25. The normalized spacial score (nSPS) is 9.44. The first kappa shape index (κ1) is 6.37. The summed E-state index contributed by atoms with van der Waals surface area (Å²) in [5.41, 5.74) is 12.3. The number of anilines is 2. The Morgan fingerprint density at radius 2 is 1.89 bits per heavy atom. The van der Waals surface area contributed by atoms with Crippen LogP contribution in [0.15, 0.2) is 18.2 Å².